The number of hydrogen-bond acceptors (Lipinski definition) is 3. The van der Waals surface area contributed by atoms with E-state index < -0.39 is 6.04 Å². The first-order valence-corrected chi connectivity index (χ1v) is 5.07. The summed E-state index contributed by atoms with van der Waals surface area (Å²) in [6.07, 6.45) is 2.41. The second-order valence-corrected chi connectivity index (χ2v) is 3.61. The highest BCUT2D eigenvalue weighted by molar-refractivity contribution is 5.81. The summed E-state index contributed by atoms with van der Waals surface area (Å²) in [5.74, 6) is -0.110. The van der Waals surface area contributed by atoms with Gasteiger partial charge in [-0.15, -0.1) is 0 Å². The molecule has 0 aliphatic rings. The molecule has 1 aromatic rings. The number of amides is 1. The van der Waals surface area contributed by atoms with Crippen molar-refractivity contribution in [3.63, 3.8) is 0 Å². The van der Waals surface area contributed by atoms with Crippen molar-refractivity contribution in [3.8, 4) is 0 Å². The third-order valence-corrected chi connectivity index (χ3v) is 2.57. The van der Waals surface area contributed by atoms with Gasteiger partial charge in [0.2, 0.25) is 5.91 Å². The Labute approximate surface area is 89.6 Å². The van der Waals surface area contributed by atoms with Gasteiger partial charge < -0.3 is 11.1 Å². The number of aryl methyl sites for hydroxylation is 1. The number of hydrogen-bond donors (Lipinski definition) is 2. The summed E-state index contributed by atoms with van der Waals surface area (Å²) >= 11 is 0. The van der Waals surface area contributed by atoms with Crippen LogP contribution < -0.4 is 11.1 Å². The quantitative estimate of drug-likeness (QED) is 0.739. The Morgan fingerprint density at radius 3 is 2.87 bits per heavy atom. The van der Waals surface area contributed by atoms with Crippen molar-refractivity contribution in [2.24, 2.45) is 12.8 Å². The third kappa shape index (κ3) is 2.79. The van der Waals surface area contributed by atoms with Crippen LogP contribution in [0.25, 0.3) is 0 Å². The van der Waals surface area contributed by atoms with Crippen LogP contribution in [0.5, 0.6) is 0 Å². The molecule has 0 saturated heterocycles. The summed E-state index contributed by atoms with van der Waals surface area (Å²) in [6, 6.07) is -0.415. The third-order valence-electron chi connectivity index (χ3n) is 2.57. The zero-order valence-corrected chi connectivity index (χ0v) is 9.45. The van der Waals surface area contributed by atoms with Crippen LogP contribution in [0.1, 0.15) is 24.6 Å². The van der Waals surface area contributed by atoms with E-state index in [1.54, 1.807) is 10.9 Å². The summed E-state index contributed by atoms with van der Waals surface area (Å²) in [4.78, 5) is 11.4. The first-order chi connectivity index (χ1) is 7.06. The minimum Gasteiger partial charge on any atom is -0.351 e. The first kappa shape index (κ1) is 11.7. The lowest BCUT2D eigenvalue weighted by Gasteiger charge is -2.09. The largest absolute Gasteiger partial charge is 0.351 e. The van der Waals surface area contributed by atoms with Crippen molar-refractivity contribution < 1.29 is 4.79 Å². The van der Waals surface area contributed by atoms with Crippen LogP contribution in [-0.2, 0) is 18.4 Å². The zero-order chi connectivity index (χ0) is 11.4. The highest BCUT2D eigenvalue weighted by Gasteiger charge is 2.11. The number of nitrogens with one attached hydrogen (secondary N) is 1. The summed E-state index contributed by atoms with van der Waals surface area (Å²) in [5.41, 5.74) is 7.67. The normalized spacial score (nSPS) is 12.5. The number of carbonyl (C=O) groups is 1. The molecule has 0 aliphatic heterocycles. The topological polar surface area (TPSA) is 72.9 Å². The number of aromatic nitrogens is 2. The molecule has 0 aliphatic carbocycles. The van der Waals surface area contributed by atoms with Crippen LogP contribution >= 0.6 is 0 Å². The summed E-state index contributed by atoms with van der Waals surface area (Å²) < 4.78 is 1.78. The van der Waals surface area contributed by atoms with E-state index in [9.17, 15) is 4.79 Å². The molecule has 0 bridgehead atoms. The second-order valence-electron chi connectivity index (χ2n) is 3.61. The van der Waals surface area contributed by atoms with Crippen LogP contribution in [0.15, 0.2) is 6.20 Å². The molecule has 0 unspecified atom stereocenters. The van der Waals surface area contributed by atoms with Crippen molar-refractivity contribution in [2.75, 3.05) is 0 Å². The van der Waals surface area contributed by atoms with Crippen LogP contribution in [0.4, 0.5) is 0 Å². The van der Waals surface area contributed by atoms with Gasteiger partial charge in [-0.3, -0.25) is 9.48 Å². The first-order valence-electron chi connectivity index (χ1n) is 5.07. The van der Waals surface area contributed by atoms with Gasteiger partial charge in [-0.05, 0) is 13.3 Å². The fraction of sp³-hybridized carbons (Fsp3) is 0.600. The lowest BCUT2D eigenvalue weighted by atomic mass is 10.2. The maximum Gasteiger partial charge on any atom is 0.237 e. The van der Waals surface area contributed by atoms with E-state index in [0.29, 0.717) is 13.0 Å². The van der Waals surface area contributed by atoms with Crippen molar-refractivity contribution in [3.05, 3.63) is 17.5 Å². The van der Waals surface area contributed by atoms with Gasteiger partial charge in [0.15, 0.2) is 0 Å². The molecule has 0 saturated carbocycles. The fourth-order valence-corrected chi connectivity index (χ4v) is 1.22. The molecule has 5 nitrogen and oxygen atoms in total. The maximum atomic E-state index is 11.4. The zero-order valence-electron chi connectivity index (χ0n) is 9.45. The van der Waals surface area contributed by atoms with Gasteiger partial charge in [0.05, 0.1) is 12.2 Å². The molecule has 0 aromatic carbocycles. The second kappa shape index (κ2) is 4.93. The average molecular weight is 210 g/mol. The Bertz CT molecular complexity index is 345. The monoisotopic (exact) mass is 210 g/mol. The molecule has 1 amide bonds. The van der Waals surface area contributed by atoms with Gasteiger partial charge in [-0.25, -0.2) is 0 Å². The number of nitrogens with two attached hydrogens (primary N) is 1. The summed E-state index contributed by atoms with van der Waals surface area (Å²) in [5, 5.41) is 6.88. The van der Waals surface area contributed by atoms with Crippen LogP contribution in [0.2, 0.25) is 0 Å². The van der Waals surface area contributed by atoms with E-state index >= 15 is 0 Å². The minimum atomic E-state index is -0.415. The van der Waals surface area contributed by atoms with Gasteiger partial charge >= 0.3 is 0 Å². The van der Waals surface area contributed by atoms with E-state index in [1.165, 1.54) is 0 Å². The molecular weight excluding hydrogens is 192 g/mol. The lowest BCUT2D eigenvalue weighted by Crippen LogP contribution is -2.39. The van der Waals surface area contributed by atoms with Gasteiger partial charge in [-0.2, -0.15) is 5.10 Å². The SMILES string of the molecule is CC[C@@H](N)C(=O)NCc1cnn(C)c1C. The number of rotatable bonds is 4. The Hall–Kier alpha value is -1.36. The Balaban J connectivity index is 2.51. The average Bonchev–Trinajstić information content (AvgIpc) is 2.55. The van der Waals surface area contributed by atoms with Crippen molar-refractivity contribution in [1.82, 2.24) is 15.1 Å². The van der Waals surface area contributed by atoms with Crippen LogP contribution in [-0.4, -0.2) is 21.7 Å². The van der Waals surface area contributed by atoms with Crippen molar-refractivity contribution in [2.45, 2.75) is 32.9 Å². The van der Waals surface area contributed by atoms with E-state index in [0.717, 1.165) is 11.3 Å². The Morgan fingerprint density at radius 1 is 1.73 bits per heavy atom. The molecular formula is C10H18N4O. The van der Waals surface area contributed by atoms with Crippen LogP contribution in [0.3, 0.4) is 0 Å². The Kier molecular flexibility index (Phi) is 3.85. The Morgan fingerprint density at radius 2 is 2.40 bits per heavy atom. The van der Waals surface area contributed by atoms with E-state index in [-0.39, 0.29) is 5.91 Å². The maximum absolute atomic E-state index is 11.4. The highest BCUT2D eigenvalue weighted by Crippen LogP contribution is 2.04. The molecule has 5 heteroatoms. The molecule has 1 atom stereocenters. The molecule has 0 spiro atoms. The van der Waals surface area contributed by atoms with E-state index in [4.69, 9.17) is 5.73 Å². The minimum absolute atomic E-state index is 0.110. The van der Waals surface area contributed by atoms with Gasteiger partial charge in [0.25, 0.3) is 0 Å². The number of carbonyl (C=O) groups excluding carboxylic acids is 1. The molecule has 3 N–H and O–H groups in total. The van der Waals surface area contributed by atoms with Gasteiger partial charge in [-0.1, -0.05) is 6.92 Å². The molecule has 1 heterocycles. The lowest BCUT2D eigenvalue weighted by molar-refractivity contribution is -0.122. The van der Waals surface area contributed by atoms with Crippen molar-refractivity contribution >= 4 is 5.91 Å². The molecule has 15 heavy (non-hydrogen) atoms. The molecule has 0 fully saturated rings. The van der Waals surface area contributed by atoms with Gasteiger partial charge in [0, 0.05) is 24.8 Å². The van der Waals surface area contributed by atoms with Crippen molar-refractivity contribution in [1.29, 1.82) is 0 Å². The van der Waals surface area contributed by atoms with E-state index in [2.05, 4.69) is 10.4 Å². The smallest absolute Gasteiger partial charge is 0.237 e. The summed E-state index contributed by atoms with van der Waals surface area (Å²) in [7, 11) is 1.87. The highest BCUT2D eigenvalue weighted by atomic mass is 16.2. The molecule has 0 radical (unpaired) electrons. The van der Waals surface area contributed by atoms with Gasteiger partial charge in [0.1, 0.15) is 0 Å². The van der Waals surface area contributed by atoms with E-state index in [1.807, 2.05) is 20.9 Å². The predicted octanol–water partition coefficient (Wildman–Crippen LogP) is 0.0820. The standard InChI is InChI=1S/C10H18N4O/c1-4-9(11)10(15)12-5-8-6-13-14(3)7(8)2/h6,9H,4-5,11H2,1-3H3,(H,12,15)/t9-/m1/s1. The predicted molar refractivity (Wildman–Crippen MR) is 58.1 cm³/mol. The fourth-order valence-electron chi connectivity index (χ4n) is 1.22. The van der Waals surface area contributed by atoms with Crippen LogP contribution in [0, 0.1) is 6.92 Å². The number of nitrogens with zero attached hydrogens (tertiary/aromatic N) is 2. The molecule has 1 rings (SSSR count). The summed E-state index contributed by atoms with van der Waals surface area (Å²) in [6.45, 7) is 4.35. The molecule has 84 valence electrons. The molecule has 1 aromatic heterocycles.